The van der Waals surface area contributed by atoms with E-state index in [2.05, 4.69) is 4.99 Å². The molecule has 5 heteroatoms. The molecule has 0 saturated carbocycles. The van der Waals surface area contributed by atoms with Crippen LogP contribution in [-0.2, 0) is 0 Å². The van der Waals surface area contributed by atoms with Crippen LogP contribution < -0.4 is 5.73 Å². The van der Waals surface area contributed by atoms with Gasteiger partial charge in [0.2, 0.25) is 0 Å². The molecule has 2 aromatic carbocycles. The number of nitro benzene ring substituents is 1. The molecule has 0 bridgehead atoms. The summed E-state index contributed by atoms with van der Waals surface area (Å²) < 4.78 is 0. The number of nitrogens with zero attached hydrogens (tertiary/aromatic N) is 2. The number of hydrogen-bond acceptors (Lipinski definition) is 4. The first-order valence-corrected chi connectivity index (χ1v) is 5.29. The predicted molar refractivity (Wildman–Crippen MR) is 71.2 cm³/mol. The highest BCUT2D eigenvalue weighted by molar-refractivity contribution is 5.82. The van der Waals surface area contributed by atoms with Gasteiger partial charge in [-0.05, 0) is 42.0 Å². The molecule has 0 heterocycles. The van der Waals surface area contributed by atoms with Gasteiger partial charge in [-0.1, -0.05) is 0 Å². The van der Waals surface area contributed by atoms with Crippen molar-refractivity contribution in [2.45, 2.75) is 0 Å². The average molecular weight is 241 g/mol. The Morgan fingerprint density at radius 1 is 1.06 bits per heavy atom. The SMILES string of the molecule is Nc1ccc(N=Cc2ccc([N+](=O)[O-])cc2)cc1. The van der Waals surface area contributed by atoms with Crippen LogP contribution in [0.15, 0.2) is 53.5 Å². The van der Waals surface area contributed by atoms with Crippen LogP contribution in [0.4, 0.5) is 17.1 Å². The number of benzene rings is 2. The second-order valence-electron chi connectivity index (χ2n) is 3.70. The van der Waals surface area contributed by atoms with Gasteiger partial charge in [-0.15, -0.1) is 0 Å². The van der Waals surface area contributed by atoms with Crippen molar-refractivity contribution in [3.63, 3.8) is 0 Å². The zero-order valence-electron chi connectivity index (χ0n) is 9.48. The van der Waals surface area contributed by atoms with Gasteiger partial charge in [-0.3, -0.25) is 15.1 Å². The second kappa shape index (κ2) is 5.09. The van der Waals surface area contributed by atoms with Crippen LogP contribution in [0.1, 0.15) is 5.56 Å². The lowest BCUT2D eigenvalue weighted by molar-refractivity contribution is -0.384. The van der Waals surface area contributed by atoms with Gasteiger partial charge in [0.05, 0.1) is 10.6 Å². The number of nitrogen functional groups attached to an aromatic ring is 1. The molecule has 18 heavy (non-hydrogen) atoms. The van der Waals surface area contributed by atoms with Gasteiger partial charge in [0, 0.05) is 24.0 Å². The number of nitro groups is 1. The largest absolute Gasteiger partial charge is 0.399 e. The smallest absolute Gasteiger partial charge is 0.269 e. The maximum absolute atomic E-state index is 10.5. The summed E-state index contributed by atoms with van der Waals surface area (Å²) in [7, 11) is 0. The zero-order chi connectivity index (χ0) is 13.0. The normalized spacial score (nSPS) is 10.7. The van der Waals surface area contributed by atoms with Crippen LogP contribution in [0, 0.1) is 10.1 Å². The van der Waals surface area contributed by atoms with Gasteiger partial charge in [0.1, 0.15) is 0 Å². The number of rotatable bonds is 3. The molecule has 0 amide bonds. The topological polar surface area (TPSA) is 81.5 Å². The number of hydrogen-bond donors (Lipinski definition) is 1. The fourth-order valence-corrected chi connectivity index (χ4v) is 1.39. The molecule has 0 aliphatic carbocycles. The summed E-state index contributed by atoms with van der Waals surface area (Å²) in [6.45, 7) is 0. The van der Waals surface area contributed by atoms with E-state index in [0.717, 1.165) is 11.3 Å². The minimum Gasteiger partial charge on any atom is -0.399 e. The third-order valence-corrected chi connectivity index (χ3v) is 2.36. The van der Waals surface area contributed by atoms with Gasteiger partial charge in [0.25, 0.3) is 5.69 Å². The standard InChI is InChI=1S/C13H11N3O2/c14-11-3-5-12(6-4-11)15-9-10-1-7-13(8-2-10)16(17)18/h1-9H,14H2. The molecule has 0 aromatic heterocycles. The van der Waals surface area contributed by atoms with Crippen molar-refractivity contribution in [2.24, 2.45) is 4.99 Å². The van der Waals surface area contributed by atoms with E-state index in [1.165, 1.54) is 12.1 Å². The first-order chi connectivity index (χ1) is 8.65. The monoisotopic (exact) mass is 241 g/mol. The maximum atomic E-state index is 10.5. The minimum atomic E-state index is -0.430. The quantitative estimate of drug-likeness (QED) is 0.388. The van der Waals surface area contributed by atoms with E-state index < -0.39 is 4.92 Å². The van der Waals surface area contributed by atoms with E-state index in [1.807, 2.05) is 0 Å². The Morgan fingerprint density at radius 3 is 2.22 bits per heavy atom. The lowest BCUT2D eigenvalue weighted by Crippen LogP contribution is -1.88. The third-order valence-electron chi connectivity index (χ3n) is 2.36. The Kier molecular flexibility index (Phi) is 3.33. The van der Waals surface area contributed by atoms with Crippen molar-refractivity contribution in [3.8, 4) is 0 Å². The van der Waals surface area contributed by atoms with Crippen molar-refractivity contribution in [3.05, 3.63) is 64.2 Å². The Balaban J connectivity index is 2.13. The third kappa shape index (κ3) is 2.91. The van der Waals surface area contributed by atoms with Gasteiger partial charge in [0.15, 0.2) is 0 Å². The predicted octanol–water partition coefficient (Wildman–Crippen LogP) is 2.93. The molecular formula is C13H11N3O2. The van der Waals surface area contributed by atoms with Crippen molar-refractivity contribution in [2.75, 3.05) is 5.73 Å². The summed E-state index contributed by atoms with van der Waals surface area (Å²) in [5.74, 6) is 0. The number of aliphatic imine (C=N–C) groups is 1. The van der Waals surface area contributed by atoms with Crippen molar-refractivity contribution >= 4 is 23.3 Å². The maximum Gasteiger partial charge on any atom is 0.269 e. The lowest BCUT2D eigenvalue weighted by Gasteiger charge is -1.95. The van der Waals surface area contributed by atoms with Crippen molar-refractivity contribution in [1.29, 1.82) is 0 Å². The Hall–Kier alpha value is -2.69. The lowest BCUT2D eigenvalue weighted by atomic mass is 10.2. The summed E-state index contributed by atoms with van der Waals surface area (Å²) >= 11 is 0. The summed E-state index contributed by atoms with van der Waals surface area (Å²) in [6, 6.07) is 13.3. The molecule has 0 saturated heterocycles. The van der Waals surface area contributed by atoms with Gasteiger partial charge in [-0.2, -0.15) is 0 Å². The van der Waals surface area contributed by atoms with Crippen molar-refractivity contribution in [1.82, 2.24) is 0 Å². The fraction of sp³-hybridized carbons (Fsp3) is 0. The van der Waals surface area contributed by atoms with Gasteiger partial charge >= 0.3 is 0 Å². The Bertz CT molecular complexity index is 574. The summed E-state index contributed by atoms with van der Waals surface area (Å²) in [5.41, 5.74) is 7.90. The first-order valence-electron chi connectivity index (χ1n) is 5.29. The Labute approximate surface area is 104 Å². The zero-order valence-corrected chi connectivity index (χ0v) is 9.48. The van der Waals surface area contributed by atoms with E-state index in [1.54, 1.807) is 42.6 Å². The van der Waals surface area contributed by atoms with Crippen LogP contribution >= 0.6 is 0 Å². The molecule has 5 nitrogen and oxygen atoms in total. The molecule has 2 N–H and O–H groups in total. The molecular weight excluding hydrogens is 230 g/mol. The van der Waals surface area contributed by atoms with Gasteiger partial charge < -0.3 is 5.73 Å². The molecule has 0 aliphatic heterocycles. The van der Waals surface area contributed by atoms with Crippen LogP contribution in [0.5, 0.6) is 0 Å². The van der Waals surface area contributed by atoms with Crippen LogP contribution in [0.3, 0.4) is 0 Å². The number of nitrogens with two attached hydrogens (primary N) is 1. The summed E-state index contributed by atoms with van der Waals surface area (Å²) in [4.78, 5) is 14.3. The number of anilines is 1. The van der Waals surface area contributed by atoms with Gasteiger partial charge in [-0.25, -0.2) is 0 Å². The first kappa shape index (κ1) is 11.8. The molecule has 2 rings (SSSR count). The highest BCUT2D eigenvalue weighted by atomic mass is 16.6. The highest BCUT2D eigenvalue weighted by Crippen LogP contribution is 2.15. The molecule has 0 atom stereocenters. The molecule has 0 unspecified atom stereocenters. The van der Waals surface area contributed by atoms with Crippen LogP contribution in [0.2, 0.25) is 0 Å². The molecule has 0 spiro atoms. The van der Waals surface area contributed by atoms with Crippen LogP contribution in [-0.4, -0.2) is 11.1 Å². The van der Waals surface area contributed by atoms with E-state index in [4.69, 9.17) is 5.73 Å². The number of non-ortho nitro benzene ring substituents is 1. The molecule has 0 radical (unpaired) electrons. The van der Waals surface area contributed by atoms with E-state index in [0.29, 0.717) is 5.69 Å². The summed E-state index contributed by atoms with van der Waals surface area (Å²) in [5, 5.41) is 10.5. The molecule has 0 aliphatic rings. The van der Waals surface area contributed by atoms with Crippen molar-refractivity contribution < 1.29 is 4.92 Å². The second-order valence-corrected chi connectivity index (χ2v) is 3.70. The fourth-order valence-electron chi connectivity index (χ4n) is 1.39. The summed E-state index contributed by atoms with van der Waals surface area (Å²) in [6.07, 6.45) is 1.65. The van der Waals surface area contributed by atoms with Crippen LogP contribution in [0.25, 0.3) is 0 Å². The molecule has 0 fully saturated rings. The molecule has 2 aromatic rings. The average Bonchev–Trinajstić information content (AvgIpc) is 2.38. The highest BCUT2D eigenvalue weighted by Gasteiger charge is 2.02. The van der Waals surface area contributed by atoms with E-state index in [-0.39, 0.29) is 5.69 Å². The Morgan fingerprint density at radius 2 is 1.67 bits per heavy atom. The van der Waals surface area contributed by atoms with E-state index in [9.17, 15) is 10.1 Å². The van der Waals surface area contributed by atoms with E-state index >= 15 is 0 Å². The molecule has 90 valence electrons. The minimum absolute atomic E-state index is 0.0691.